The van der Waals surface area contributed by atoms with E-state index < -0.39 is 0 Å². The number of Topliss-reactive ketones (excluding diaryl/α,β-unsaturated/α-hetero) is 1. The average molecular weight is 529 g/mol. The van der Waals surface area contributed by atoms with Crippen molar-refractivity contribution >= 4 is 56.5 Å². The number of anilines is 2. The minimum Gasteiger partial charge on any atom is -0.871 e. The number of fused-ring (bicyclic) bond motifs is 2. The number of thioether (sulfide) groups is 1. The molecule has 0 N–H and O–H groups in total. The average Bonchev–Trinajstić information content (AvgIpc) is 3.53. The number of aromatic nitrogens is 1. The fourth-order valence-electron chi connectivity index (χ4n) is 4.83. The molecule has 0 radical (unpaired) electrons. The van der Waals surface area contributed by atoms with Gasteiger partial charge in [0.2, 0.25) is 11.2 Å². The van der Waals surface area contributed by atoms with Crippen LogP contribution in [0.1, 0.15) is 5.01 Å². The van der Waals surface area contributed by atoms with Crippen molar-refractivity contribution in [1.82, 2.24) is 0 Å². The maximum Gasteiger partial charge on any atom is 0.269 e. The maximum atomic E-state index is 13.3. The van der Waals surface area contributed by atoms with Crippen LogP contribution in [0.2, 0.25) is 0 Å². The molecule has 1 aromatic heterocycles. The minimum absolute atomic E-state index is 0.218. The van der Waals surface area contributed by atoms with Crippen molar-refractivity contribution in [1.29, 1.82) is 0 Å². The van der Waals surface area contributed by atoms with E-state index in [2.05, 4.69) is 33.7 Å². The van der Waals surface area contributed by atoms with E-state index in [0.29, 0.717) is 0 Å². The zero-order valence-corrected chi connectivity index (χ0v) is 21.7. The van der Waals surface area contributed by atoms with Crippen LogP contribution in [0.25, 0.3) is 22.0 Å². The highest BCUT2D eigenvalue weighted by Gasteiger charge is 2.32. The highest BCUT2D eigenvalue weighted by atomic mass is 32.2. The molecule has 38 heavy (non-hydrogen) atoms. The molecule has 7 rings (SSSR count). The Labute approximate surface area is 228 Å². The van der Waals surface area contributed by atoms with E-state index in [4.69, 9.17) is 0 Å². The van der Waals surface area contributed by atoms with Crippen molar-refractivity contribution in [3.63, 3.8) is 0 Å². The molecule has 4 nitrogen and oxygen atoms in total. The number of thiazole rings is 1. The van der Waals surface area contributed by atoms with Crippen molar-refractivity contribution in [2.75, 3.05) is 4.90 Å². The lowest BCUT2D eigenvalue weighted by atomic mass is 9.88. The smallest absolute Gasteiger partial charge is 0.269 e. The Hall–Kier alpha value is -4.39. The van der Waals surface area contributed by atoms with E-state index >= 15 is 0 Å². The first-order valence-corrected chi connectivity index (χ1v) is 13.8. The van der Waals surface area contributed by atoms with Gasteiger partial charge in [-0.3, -0.25) is 4.79 Å². The van der Waals surface area contributed by atoms with Crippen LogP contribution >= 0.6 is 23.1 Å². The van der Waals surface area contributed by atoms with Crippen molar-refractivity contribution in [3.8, 4) is 5.69 Å². The van der Waals surface area contributed by atoms with Gasteiger partial charge in [-0.2, -0.15) is 0 Å². The summed E-state index contributed by atoms with van der Waals surface area (Å²) in [6, 6.07) is 36.2. The SMILES string of the molecule is O=C1C(/C=C2\Sc3ccccc3N2c2ccccc2)=C([O-])C/1=C\c1sc2ccccc2[n+]1-c1ccccc1. The van der Waals surface area contributed by atoms with E-state index in [0.717, 1.165) is 42.2 Å². The van der Waals surface area contributed by atoms with Crippen LogP contribution < -0.4 is 14.6 Å². The Kier molecular flexibility index (Phi) is 5.50. The molecule has 1 aliphatic carbocycles. The highest BCUT2D eigenvalue weighted by Crippen LogP contribution is 2.50. The molecule has 0 atom stereocenters. The van der Waals surface area contributed by atoms with Gasteiger partial charge < -0.3 is 10.0 Å². The number of hydrogen-bond acceptors (Lipinski definition) is 5. The van der Waals surface area contributed by atoms with Crippen molar-refractivity contribution < 1.29 is 14.5 Å². The number of carbonyl (C=O) groups is 1. The van der Waals surface area contributed by atoms with Crippen LogP contribution in [-0.2, 0) is 4.79 Å². The first kappa shape index (κ1) is 22.8. The number of allylic oxidation sites excluding steroid dienone is 3. The molecule has 0 saturated heterocycles. The summed E-state index contributed by atoms with van der Waals surface area (Å²) in [5, 5.41) is 15.0. The second-order valence-electron chi connectivity index (χ2n) is 8.93. The quantitative estimate of drug-likeness (QED) is 0.196. The van der Waals surface area contributed by atoms with Gasteiger partial charge in [-0.15, -0.1) is 4.57 Å². The van der Waals surface area contributed by atoms with Crippen LogP contribution in [0, 0.1) is 0 Å². The summed E-state index contributed by atoms with van der Waals surface area (Å²) >= 11 is 3.14. The van der Waals surface area contributed by atoms with Gasteiger partial charge in [0.05, 0.1) is 10.7 Å². The predicted octanol–water partition coefficient (Wildman–Crippen LogP) is 6.54. The number of carbonyl (C=O) groups excluding carboxylic acids is 1. The second-order valence-corrected chi connectivity index (χ2v) is 11.1. The third-order valence-corrected chi connectivity index (χ3v) is 8.77. The molecule has 0 bridgehead atoms. The highest BCUT2D eigenvalue weighted by molar-refractivity contribution is 8.03. The van der Waals surface area contributed by atoms with Crippen LogP contribution in [0.5, 0.6) is 0 Å². The molecule has 0 saturated carbocycles. The van der Waals surface area contributed by atoms with E-state index in [1.165, 1.54) is 0 Å². The molecule has 182 valence electrons. The van der Waals surface area contributed by atoms with Crippen LogP contribution in [0.3, 0.4) is 0 Å². The summed E-state index contributed by atoms with van der Waals surface area (Å²) in [6.45, 7) is 0. The summed E-state index contributed by atoms with van der Waals surface area (Å²) in [7, 11) is 0. The summed E-state index contributed by atoms with van der Waals surface area (Å²) in [5.74, 6) is -0.437. The molecule has 0 amide bonds. The molecular formula is C32H20N2O2S2. The topological polar surface area (TPSA) is 47.3 Å². The van der Waals surface area contributed by atoms with Crippen molar-refractivity contribution in [2.24, 2.45) is 0 Å². The Morgan fingerprint density at radius 3 is 2.24 bits per heavy atom. The molecule has 5 aromatic rings. The Morgan fingerprint density at radius 1 is 0.763 bits per heavy atom. The minimum atomic E-state index is -0.218. The third kappa shape index (κ3) is 3.69. The summed E-state index contributed by atoms with van der Waals surface area (Å²) < 4.78 is 3.19. The molecule has 1 aliphatic heterocycles. The largest absolute Gasteiger partial charge is 0.871 e. The molecule has 0 fully saturated rings. The predicted molar refractivity (Wildman–Crippen MR) is 152 cm³/mol. The van der Waals surface area contributed by atoms with Crippen LogP contribution in [0.15, 0.2) is 142 Å². The van der Waals surface area contributed by atoms with E-state index in [1.807, 2.05) is 84.9 Å². The summed E-state index contributed by atoms with van der Waals surface area (Å²) in [4.78, 5) is 16.5. The fourth-order valence-corrected chi connectivity index (χ4v) is 7.04. The van der Waals surface area contributed by atoms with E-state index in [9.17, 15) is 9.90 Å². The number of hydrogen-bond donors (Lipinski definition) is 0. The van der Waals surface area contributed by atoms with Gasteiger partial charge >= 0.3 is 0 Å². The molecule has 0 spiro atoms. The zero-order chi connectivity index (χ0) is 25.6. The lowest BCUT2D eigenvalue weighted by molar-refractivity contribution is -0.564. The molecule has 2 heterocycles. The number of para-hydroxylation sites is 4. The number of benzene rings is 4. The Morgan fingerprint density at radius 2 is 1.45 bits per heavy atom. The molecule has 4 aromatic carbocycles. The standard InChI is InChI=1S/C32H20N2O2S2/c35-31-23(19-29-33(21-11-3-1-4-12-21)25-15-7-9-17-27(25)37-29)32(36)24(31)20-30-34(22-13-5-2-6-14-22)26-16-8-10-18-28(26)38-30/h1-20H. The maximum absolute atomic E-state index is 13.3. The molecule has 2 aliphatic rings. The Balaban J connectivity index is 1.31. The van der Waals surface area contributed by atoms with Crippen LogP contribution in [-0.4, -0.2) is 5.78 Å². The fraction of sp³-hybridized carbons (Fsp3) is 0. The lowest BCUT2D eigenvalue weighted by Crippen LogP contribution is -2.34. The first-order chi connectivity index (χ1) is 18.7. The Bertz CT molecular complexity index is 1820. The normalized spacial score (nSPS) is 16.9. The van der Waals surface area contributed by atoms with Gasteiger partial charge in [0, 0.05) is 46.0 Å². The van der Waals surface area contributed by atoms with E-state index in [-0.39, 0.29) is 22.7 Å². The van der Waals surface area contributed by atoms with E-state index in [1.54, 1.807) is 35.3 Å². The molecule has 6 heteroatoms. The van der Waals surface area contributed by atoms with Gasteiger partial charge in [0.1, 0.15) is 4.70 Å². The lowest BCUT2D eigenvalue weighted by Gasteiger charge is -2.29. The van der Waals surface area contributed by atoms with Crippen molar-refractivity contribution in [2.45, 2.75) is 4.90 Å². The number of ketones is 1. The van der Waals surface area contributed by atoms with Gasteiger partial charge in [-0.1, -0.05) is 89.5 Å². The van der Waals surface area contributed by atoms with Crippen molar-refractivity contribution in [3.05, 3.63) is 142 Å². The zero-order valence-electron chi connectivity index (χ0n) is 20.1. The number of rotatable bonds is 4. The van der Waals surface area contributed by atoms with Gasteiger partial charge in [0.15, 0.2) is 5.78 Å². The third-order valence-electron chi connectivity index (χ3n) is 6.63. The monoisotopic (exact) mass is 528 g/mol. The summed E-state index contributed by atoms with van der Waals surface area (Å²) in [5.41, 5.74) is 4.50. The summed E-state index contributed by atoms with van der Waals surface area (Å²) in [6.07, 6.45) is 3.49. The number of nitrogens with zero attached hydrogens (tertiary/aromatic N) is 2. The molecule has 0 unspecified atom stereocenters. The van der Waals surface area contributed by atoms with Crippen LogP contribution in [0.4, 0.5) is 11.4 Å². The molecular weight excluding hydrogens is 508 g/mol. The van der Waals surface area contributed by atoms with Gasteiger partial charge in [0.25, 0.3) is 5.01 Å². The van der Waals surface area contributed by atoms with Gasteiger partial charge in [-0.25, -0.2) is 0 Å². The first-order valence-electron chi connectivity index (χ1n) is 12.2. The second kappa shape index (κ2) is 9.17. The van der Waals surface area contributed by atoms with Gasteiger partial charge in [-0.05, 0) is 36.4 Å².